The Morgan fingerprint density at radius 2 is 1.78 bits per heavy atom. The molecule has 0 radical (unpaired) electrons. The number of rotatable bonds is 7. The lowest BCUT2D eigenvalue weighted by Crippen LogP contribution is -2.23. The molecule has 1 N–H and O–H groups in total. The summed E-state index contributed by atoms with van der Waals surface area (Å²) in [6, 6.07) is 13.0. The van der Waals surface area contributed by atoms with Crippen molar-refractivity contribution in [1.29, 1.82) is 0 Å². The van der Waals surface area contributed by atoms with Crippen LogP contribution in [0.2, 0.25) is 10.0 Å². The van der Waals surface area contributed by atoms with E-state index < -0.39 is 0 Å². The van der Waals surface area contributed by atoms with Crippen LogP contribution in [-0.2, 0) is 17.8 Å². The Morgan fingerprint density at radius 3 is 2.48 bits per heavy atom. The van der Waals surface area contributed by atoms with Gasteiger partial charge in [-0.3, -0.25) is 4.79 Å². The molecule has 0 aliphatic heterocycles. The minimum atomic E-state index is -0.0488. The van der Waals surface area contributed by atoms with Gasteiger partial charge in [0.05, 0.1) is 6.61 Å². The zero-order valence-corrected chi connectivity index (χ0v) is 14.5. The molecule has 1 amide bonds. The van der Waals surface area contributed by atoms with Crippen molar-refractivity contribution in [1.82, 2.24) is 5.32 Å². The summed E-state index contributed by atoms with van der Waals surface area (Å²) in [5.74, 6) is 0.747. The molecule has 0 saturated carbocycles. The summed E-state index contributed by atoms with van der Waals surface area (Å²) in [4.78, 5) is 12.0. The Labute approximate surface area is 146 Å². The van der Waals surface area contributed by atoms with Crippen LogP contribution in [0.5, 0.6) is 5.75 Å². The van der Waals surface area contributed by atoms with Gasteiger partial charge in [0, 0.05) is 28.6 Å². The van der Waals surface area contributed by atoms with Crippen LogP contribution in [0.3, 0.4) is 0 Å². The Balaban J connectivity index is 1.89. The van der Waals surface area contributed by atoms with Crippen LogP contribution in [0.15, 0.2) is 42.5 Å². The number of para-hydroxylation sites is 1. The number of nitrogens with one attached hydrogen (secondary N) is 1. The zero-order valence-electron chi connectivity index (χ0n) is 12.9. The highest BCUT2D eigenvalue weighted by molar-refractivity contribution is 6.36. The highest BCUT2D eigenvalue weighted by atomic mass is 35.5. The second-order valence-corrected chi connectivity index (χ2v) is 5.83. The highest BCUT2D eigenvalue weighted by Gasteiger charge is 2.09. The van der Waals surface area contributed by atoms with Crippen molar-refractivity contribution < 1.29 is 9.53 Å². The molecule has 23 heavy (non-hydrogen) atoms. The van der Waals surface area contributed by atoms with E-state index in [2.05, 4.69) is 5.32 Å². The van der Waals surface area contributed by atoms with Crippen LogP contribution in [0.25, 0.3) is 0 Å². The van der Waals surface area contributed by atoms with Crippen molar-refractivity contribution in [3.8, 4) is 5.75 Å². The third-order valence-corrected chi connectivity index (χ3v) is 4.12. The molecule has 0 unspecified atom stereocenters. The Morgan fingerprint density at radius 1 is 1.09 bits per heavy atom. The molecular formula is C18H19Cl2NO2. The van der Waals surface area contributed by atoms with Crippen LogP contribution in [-0.4, -0.2) is 12.5 Å². The lowest BCUT2D eigenvalue weighted by Gasteiger charge is -2.11. The first-order valence-electron chi connectivity index (χ1n) is 7.52. The van der Waals surface area contributed by atoms with Gasteiger partial charge in [-0.25, -0.2) is 0 Å². The van der Waals surface area contributed by atoms with Crippen LogP contribution < -0.4 is 10.1 Å². The highest BCUT2D eigenvalue weighted by Crippen LogP contribution is 2.25. The topological polar surface area (TPSA) is 38.3 Å². The lowest BCUT2D eigenvalue weighted by molar-refractivity contribution is -0.121. The summed E-state index contributed by atoms with van der Waals surface area (Å²) in [7, 11) is 0. The number of amides is 1. The fourth-order valence-corrected chi connectivity index (χ4v) is 2.82. The maximum absolute atomic E-state index is 12.0. The quantitative estimate of drug-likeness (QED) is 0.788. The third kappa shape index (κ3) is 5.15. The van der Waals surface area contributed by atoms with Crippen molar-refractivity contribution in [3.05, 3.63) is 63.6 Å². The fraction of sp³-hybridized carbons (Fsp3) is 0.278. The van der Waals surface area contributed by atoms with Gasteiger partial charge in [0.1, 0.15) is 5.75 Å². The molecule has 0 saturated heterocycles. The van der Waals surface area contributed by atoms with Crippen molar-refractivity contribution in [2.45, 2.75) is 26.3 Å². The third-order valence-electron chi connectivity index (χ3n) is 3.41. The van der Waals surface area contributed by atoms with Gasteiger partial charge in [0.2, 0.25) is 5.91 Å². The van der Waals surface area contributed by atoms with Gasteiger partial charge in [-0.15, -0.1) is 0 Å². The monoisotopic (exact) mass is 351 g/mol. The predicted molar refractivity (Wildman–Crippen MR) is 94.2 cm³/mol. The maximum atomic E-state index is 12.0. The number of carbonyl (C=O) groups is 1. The second kappa shape index (κ2) is 8.80. The largest absolute Gasteiger partial charge is 0.494 e. The molecule has 3 nitrogen and oxygen atoms in total. The molecule has 122 valence electrons. The number of benzene rings is 2. The number of hydrogen-bond acceptors (Lipinski definition) is 2. The van der Waals surface area contributed by atoms with Crippen LogP contribution in [0, 0.1) is 0 Å². The number of carbonyl (C=O) groups excluding carboxylic acids is 1. The van der Waals surface area contributed by atoms with Gasteiger partial charge in [0.15, 0.2) is 0 Å². The summed E-state index contributed by atoms with van der Waals surface area (Å²) in [6.45, 7) is 2.96. The summed E-state index contributed by atoms with van der Waals surface area (Å²) in [5, 5.41) is 4.08. The minimum absolute atomic E-state index is 0.0488. The Hall–Kier alpha value is -1.71. The number of hydrogen-bond donors (Lipinski definition) is 1. The van der Waals surface area contributed by atoms with E-state index in [1.165, 1.54) is 0 Å². The molecule has 2 aromatic carbocycles. The minimum Gasteiger partial charge on any atom is -0.494 e. The molecule has 0 heterocycles. The summed E-state index contributed by atoms with van der Waals surface area (Å²) in [6.07, 6.45) is 0.845. The molecule has 0 atom stereocenters. The van der Waals surface area contributed by atoms with E-state index in [0.29, 0.717) is 36.0 Å². The molecular weight excluding hydrogens is 333 g/mol. The summed E-state index contributed by atoms with van der Waals surface area (Å²) >= 11 is 12.2. The van der Waals surface area contributed by atoms with Crippen molar-refractivity contribution in [2.75, 3.05) is 6.61 Å². The summed E-state index contributed by atoms with van der Waals surface area (Å²) in [5.41, 5.74) is 1.76. The molecule has 0 aliphatic rings. The SMILES string of the molecule is CCOc1ccccc1CNC(=O)CCc1c(Cl)cccc1Cl. The average molecular weight is 352 g/mol. The van der Waals surface area contributed by atoms with Crippen molar-refractivity contribution in [3.63, 3.8) is 0 Å². The van der Waals surface area contributed by atoms with Crippen LogP contribution >= 0.6 is 23.2 Å². The number of ether oxygens (including phenoxy) is 1. The fourth-order valence-electron chi connectivity index (χ4n) is 2.24. The van der Waals surface area contributed by atoms with Gasteiger partial charge in [0.25, 0.3) is 0 Å². The van der Waals surface area contributed by atoms with E-state index in [1.54, 1.807) is 18.2 Å². The molecule has 0 aromatic heterocycles. The van der Waals surface area contributed by atoms with Crippen LogP contribution in [0.1, 0.15) is 24.5 Å². The van der Waals surface area contributed by atoms with E-state index in [1.807, 2.05) is 31.2 Å². The predicted octanol–water partition coefficient (Wildman–Crippen LogP) is 4.64. The van der Waals surface area contributed by atoms with E-state index in [9.17, 15) is 4.79 Å². The first-order chi connectivity index (χ1) is 11.1. The molecule has 0 aliphatic carbocycles. The van der Waals surface area contributed by atoms with E-state index >= 15 is 0 Å². The maximum Gasteiger partial charge on any atom is 0.220 e. The Bertz CT molecular complexity index is 654. The molecule has 0 fully saturated rings. The standard InChI is InChI=1S/C18H19Cl2NO2/c1-2-23-17-9-4-3-6-13(17)12-21-18(22)11-10-14-15(19)7-5-8-16(14)20/h3-9H,2,10-12H2,1H3,(H,21,22). The smallest absolute Gasteiger partial charge is 0.220 e. The second-order valence-electron chi connectivity index (χ2n) is 5.02. The molecule has 5 heteroatoms. The molecule has 2 rings (SSSR count). The Kier molecular flexibility index (Phi) is 6.75. The normalized spacial score (nSPS) is 10.4. The van der Waals surface area contributed by atoms with Gasteiger partial charge < -0.3 is 10.1 Å². The zero-order chi connectivity index (χ0) is 16.7. The lowest BCUT2D eigenvalue weighted by atomic mass is 10.1. The summed E-state index contributed by atoms with van der Waals surface area (Å²) < 4.78 is 5.54. The average Bonchev–Trinajstić information content (AvgIpc) is 2.54. The molecule has 2 aromatic rings. The van der Waals surface area contributed by atoms with E-state index in [4.69, 9.17) is 27.9 Å². The molecule has 0 bridgehead atoms. The van der Waals surface area contributed by atoms with Crippen LogP contribution in [0.4, 0.5) is 0 Å². The first kappa shape index (κ1) is 17.6. The van der Waals surface area contributed by atoms with Gasteiger partial charge in [-0.2, -0.15) is 0 Å². The van der Waals surface area contributed by atoms with E-state index in [0.717, 1.165) is 16.9 Å². The first-order valence-corrected chi connectivity index (χ1v) is 8.27. The number of halogens is 2. The van der Waals surface area contributed by atoms with E-state index in [-0.39, 0.29) is 5.91 Å². The molecule has 0 spiro atoms. The van der Waals surface area contributed by atoms with Gasteiger partial charge in [-0.05, 0) is 37.1 Å². The van der Waals surface area contributed by atoms with Crippen molar-refractivity contribution >= 4 is 29.1 Å². The van der Waals surface area contributed by atoms with Crippen molar-refractivity contribution in [2.24, 2.45) is 0 Å². The van der Waals surface area contributed by atoms with Gasteiger partial charge >= 0.3 is 0 Å². The van der Waals surface area contributed by atoms with Gasteiger partial charge in [-0.1, -0.05) is 47.5 Å².